The van der Waals surface area contributed by atoms with Gasteiger partial charge in [0.2, 0.25) is 0 Å². The summed E-state index contributed by atoms with van der Waals surface area (Å²) in [5.74, 6) is 3.41. The molecule has 0 heterocycles. The van der Waals surface area contributed by atoms with Crippen LogP contribution in [0.4, 0.5) is 0 Å². The predicted molar refractivity (Wildman–Crippen MR) is 652 cm³/mol. The summed E-state index contributed by atoms with van der Waals surface area (Å²) in [5.41, 5.74) is 43.8. The van der Waals surface area contributed by atoms with Gasteiger partial charge in [-0.2, -0.15) is 0 Å². The van der Waals surface area contributed by atoms with Crippen LogP contribution in [0, 0.1) is 0 Å². The van der Waals surface area contributed by atoms with Crippen LogP contribution in [-0.2, 0) is 0 Å². The van der Waals surface area contributed by atoms with Gasteiger partial charge in [-0.15, -0.1) is 0 Å². The van der Waals surface area contributed by atoms with E-state index < -0.39 is 0 Å². The average Bonchev–Trinajstić information content (AvgIpc) is 0.812. The Balaban J connectivity index is 0.000000118. The zero-order valence-electron chi connectivity index (χ0n) is 88.6. The molecule has 0 unspecified atom stereocenters. The summed E-state index contributed by atoms with van der Waals surface area (Å²) >= 11 is 0. The van der Waals surface area contributed by atoms with E-state index in [-0.39, 0.29) is 0 Å². The van der Waals surface area contributed by atoms with E-state index in [1.54, 1.807) is 0 Å². The maximum absolute atomic E-state index is 2.30. The van der Waals surface area contributed by atoms with Gasteiger partial charge in [0.25, 0.3) is 0 Å². The molecule has 0 spiro atoms. The van der Waals surface area contributed by atoms with E-state index >= 15 is 0 Å². The second kappa shape index (κ2) is 49.8. The minimum absolute atomic E-state index is 0.558. The lowest BCUT2D eigenvalue weighted by Crippen LogP contribution is -1.89. The van der Waals surface area contributed by atoms with Crippen LogP contribution in [0.3, 0.4) is 0 Å². The molecule has 0 aliphatic rings. The summed E-state index contributed by atoms with van der Waals surface area (Å²) in [6.45, 7) is 26.8. The van der Waals surface area contributed by atoms with Crippen molar-refractivity contribution in [3.05, 3.63) is 591 Å². The molecule has 0 nitrogen and oxygen atoms in total. The summed E-state index contributed by atoms with van der Waals surface area (Å²) in [6.07, 6.45) is 0. The third-order valence-electron chi connectivity index (χ3n) is 28.8. The molecule has 0 aromatic heterocycles. The molecule has 0 heteroatoms. The van der Waals surface area contributed by atoms with E-state index in [1.165, 1.54) is 221 Å². The Hall–Kier alpha value is -17.2. The van der Waals surface area contributed by atoms with Crippen LogP contribution in [0.2, 0.25) is 0 Å². The molecule has 0 atom stereocenters. The molecule has 0 radical (unpaired) electrons. The van der Waals surface area contributed by atoms with E-state index in [2.05, 4.69) is 641 Å². The fourth-order valence-corrected chi connectivity index (χ4v) is 19.7. The highest BCUT2D eigenvalue weighted by molar-refractivity contribution is 6.02. The van der Waals surface area contributed by atoms with Crippen LogP contribution in [0.25, 0.3) is 188 Å². The molecule has 0 saturated carbocycles. The number of rotatable bonds is 20. The van der Waals surface area contributed by atoms with E-state index in [1.807, 2.05) is 0 Å². The first kappa shape index (κ1) is 103. The zero-order valence-corrected chi connectivity index (χ0v) is 88.6. The SMILES string of the molecule is CC(C)c1ccc(-c2ccc(-c3ccc(-c4ccccc4)cc3)cc2)cc1.CC(C)c1ccc(-c2ccc(-c3cccc(-c4ccccc4)c3)cc2)cc1.CC(C)c1ccc(-c2ccc(-c3cccc4ccccc34)cc2)cc1.CC(C)c1ccc(-c2cccc(-c3cccc4ccccc34)c2)cc1.CC(C)c1ccc(-c2ccccc2-c2cccc3ccccc23)cc1.CC(C)c1ccc(-c2ccccc2-c2ccccc2)cc1. The fraction of sp³-hybridized carbons (Fsp3) is 0.120. The molecular formula is C150H134. The Morgan fingerprint density at radius 1 is 0.0933 bits per heavy atom. The normalized spacial score (nSPS) is 11.0. The molecule has 0 amide bonds. The summed E-state index contributed by atoms with van der Waals surface area (Å²) < 4.78 is 0. The summed E-state index contributed by atoms with van der Waals surface area (Å²) in [7, 11) is 0. The Morgan fingerprint density at radius 3 is 0.533 bits per heavy atom. The smallest absolute Gasteiger partial charge is 0.00992 e. The van der Waals surface area contributed by atoms with Crippen LogP contribution in [0.5, 0.6) is 0 Å². The van der Waals surface area contributed by atoms with Gasteiger partial charge < -0.3 is 0 Å². The van der Waals surface area contributed by atoms with Gasteiger partial charge in [-0.25, -0.2) is 0 Å². The van der Waals surface area contributed by atoms with Crippen LogP contribution < -0.4 is 0 Å². The van der Waals surface area contributed by atoms with Crippen LogP contribution in [-0.4, -0.2) is 0 Å². The molecule has 23 aromatic carbocycles. The van der Waals surface area contributed by atoms with Crippen molar-refractivity contribution in [2.45, 2.75) is 119 Å². The van der Waals surface area contributed by atoms with Gasteiger partial charge in [-0.05, 0) is 269 Å². The van der Waals surface area contributed by atoms with E-state index in [9.17, 15) is 0 Å². The van der Waals surface area contributed by atoms with E-state index in [4.69, 9.17) is 0 Å². The highest BCUT2D eigenvalue weighted by Gasteiger charge is 2.17. The summed E-state index contributed by atoms with van der Waals surface area (Å²) in [5, 5.41) is 7.76. The lowest BCUT2D eigenvalue weighted by molar-refractivity contribution is 0.867. The first-order valence-electron chi connectivity index (χ1n) is 53.4. The minimum atomic E-state index is 0.558. The molecule has 23 rings (SSSR count). The van der Waals surface area contributed by atoms with Gasteiger partial charge >= 0.3 is 0 Å². The number of hydrogen-bond donors (Lipinski definition) is 0. The van der Waals surface area contributed by atoms with Crippen molar-refractivity contribution < 1.29 is 0 Å². The first-order valence-corrected chi connectivity index (χ1v) is 53.4. The molecular weight excluding hydrogens is 1800 g/mol. The minimum Gasteiger partial charge on any atom is -0.0622 e. The molecule has 23 aromatic rings. The highest BCUT2D eigenvalue weighted by atomic mass is 14.2. The molecule has 734 valence electrons. The molecule has 0 aliphatic carbocycles. The van der Waals surface area contributed by atoms with Gasteiger partial charge in [0.15, 0.2) is 0 Å². The largest absolute Gasteiger partial charge is 0.0622 e. The van der Waals surface area contributed by atoms with Crippen molar-refractivity contribution in [1.82, 2.24) is 0 Å². The maximum Gasteiger partial charge on any atom is -0.00992 e. The molecule has 0 bridgehead atoms. The average molecular weight is 1940 g/mol. The Kier molecular flexibility index (Phi) is 34.2. The maximum atomic E-state index is 2.30. The Labute approximate surface area is 891 Å². The van der Waals surface area contributed by atoms with Gasteiger partial charge in [0.05, 0.1) is 0 Å². The van der Waals surface area contributed by atoms with Crippen molar-refractivity contribution >= 4 is 32.3 Å². The van der Waals surface area contributed by atoms with Gasteiger partial charge in [-0.1, -0.05) is 629 Å². The van der Waals surface area contributed by atoms with Crippen molar-refractivity contribution in [2.24, 2.45) is 0 Å². The van der Waals surface area contributed by atoms with Crippen molar-refractivity contribution in [3.8, 4) is 156 Å². The van der Waals surface area contributed by atoms with Crippen molar-refractivity contribution in [1.29, 1.82) is 0 Å². The standard InChI is InChI=1S/2C27H24.3C25H22.C21H20/c1-20(2)21-11-13-23(14-12-21)24-15-17-25(18-16-24)27-10-6-9-26(19-27)22-7-4-3-5-8-22;1-20(2)21-8-10-24(11-9-21)25-16-18-27(19-17-25)26-14-12-23(13-15-26)22-6-4-3-5-7-22;1-18(2)19-13-15-20(16-14-19)22-9-5-10-23(17-22)25-12-6-8-21-7-3-4-11-24(21)25;1-18(2)19-14-16-21(17-15-19)23-11-5-6-12-24(23)25-13-7-9-20-8-3-4-10-22(20)25;1-18(2)19-10-12-20(13-11-19)21-14-16-23(17-15-21)25-9-5-7-22-6-3-4-8-24(22)25;1-16(2)17-12-14-19(15-13-17)21-11-7-6-10-20(21)18-8-4-3-5-9-18/h2*3-20H,1-2H3;3*3-18H,1-2H3;3-16H,1-2H3. The monoisotopic (exact) mass is 1940 g/mol. The van der Waals surface area contributed by atoms with Gasteiger partial charge in [0.1, 0.15) is 0 Å². The molecule has 0 fully saturated rings. The van der Waals surface area contributed by atoms with E-state index in [0.29, 0.717) is 35.5 Å². The predicted octanol–water partition coefficient (Wildman–Crippen LogP) is 43.7. The first-order chi connectivity index (χ1) is 73.3. The van der Waals surface area contributed by atoms with Crippen molar-refractivity contribution in [2.75, 3.05) is 0 Å². The Morgan fingerprint density at radius 2 is 0.240 bits per heavy atom. The molecule has 0 aliphatic heterocycles. The molecule has 150 heavy (non-hydrogen) atoms. The third kappa shape index (κ3) is 25.9. The fourth-order valence-electron chi connectivity index (χ4n) is 19.7. The lowest BCUT2D eigenvalue weighted by Gasteiger charge is -2.13. The quantitative estimate of drug-likeness (QED) is 0.0713. The summed E-state index contributed by atoms with van der Waals surface area (Å²) in [4.78, 5) is 0. The second-order valence-electron chi connectivity index (χ2n) is 40.9. The summed E-state index contributed by atoms with van der Waals surface area (Å²) in [6, 6.07) is 201. The van der Waals surface area contributed by atoms with Crippen molar-refractivity contribution in [3.63, 3.8) is 0 Å². The highest BCUT2D eigenvalue weighted by Crippen LogP contribution is 2.42. The Bertz CT molecular complexity index is 8240. The second-order valence-corrected chi connectivity index (χ2v) is 40.9. The van der Waals surface area contributed by atoms with Gasteiger partial charge in [0, 0.05) is 0 Å². The number of hydrogen-bond acceptors (Lipinski definition) is 0. The number of benzene rings is 23. The zero-order chi connectivity index (χ0) is 104. The van der Waals surface area contributed by atoms with Crippen LogP contribution in [0.15, 0.2) is 558 Å². The molecule has 0 N–H and O–H groups in total. The van der Waals surface area contributed by atoms with E-state index in [0.717, 1.165) is 0 Å². The van der Waals surface area contributed by atoms with Crippen LogP contribution in [0.1, 0.15) is 152 Å². The topological polar surface area (TPSA) is 0 Å². The number of fused-ring (bicyclic) bond motifs is 3. The third-order valence-corrected chi connectivity index (χ3v) is 28.8. The molecule has 0 saturated heterocycles. The van der Waals surface area contributed by atoms with Gasteiger partial charge in [-0.3, -0.25) is 0 Å². The lowest BCUT2D eigenvalue weighted by atomic mass is 9.90. The van der Waals surface area contributed by atoms with Crippen LogP contribution >= 0.6 is 0 Å².